The van der Waals surface area contributed by atoms with Gasteiger partial charge in [-0.3, -0.25) is 0 Å². The number of hydrogen-bond donors (Lipinski definition) is 0. The number of imidazole rings is 1. The third-order valence-electron chi connectivity index (χ3n) is 5.12. The van der Waals surface area contributed by atoms with E-state index < -0.39 is 18.4 Å². The molecule has 0 spiro atoms. The van der Waals surface area contributed by atoms with Crippen LogP contribution in [-0.2, 0) is 6.54 Å². The van der Waals surface area contributed by atoms with E-state index in [-0.39, 0.29) is 0 Å². The van der Waals surface area contributed by atoms with Gasteiger partial charge in [0, 0.05) is 0 Å². The van der Waals surface area contributed by atoms with Crippen LogP contribution in [-0.4, -0.2) is 34.2 Å². The average molecular weight is 459 g/mol. The second-order valence-electron chi connectivity index (χ2n) is 7.73. The van der Waals surface area contributed by atoms with Crippen molar-refractivity contribution in [3.63, 3.8) is 0 Å². The maximum absolute atomic E-state index is 4.86. The van der Waals surface area contributed by atoms with E-state index in [0.717, 1.165) is 6.54 Å². The first-order valence-corrected chi connectivity index (χ1v) is 18.8. The molecule has 0 bridgehead atoms. The van der Waals surface area contributed by atoms with Crippen molar-refractivity contribution in [2.75, 3.05) is 6.26 Å². The Labute approximate surface area is 159 Å². The molecule has 4 heteroatoms. The van der Waals surface area contributed by atoms with Gasteiger partial charge < -0.3 is 0 Å². The summed E-state index contributed by atoms with van der Waals surface area (Å²) in [6.07, 6.45) is 12.8. The zero-order valence-electron chi connectivity index (χ0n) is 17.0. The van der Waals surface area contributed by atoms with Crippen LogP contribution in [0.3, 0.4) is 0 Å². The minimum absolute atomic E-state index is 0.691. The van der Waals surface area contributed by atoms with E-state index in [1.807, 2.05) is 11.8 Å². The molecule has 0 aliphatic heterocycles. The zero-order valence-corrected chi connectivity index (χ0v) is 20.7. The first kappa shape index (κ1) is 22.4. The number of rotatable bonds is 13. The molecule has 0 amide bonds. The molecule has 0 aliphatic rings. The van der Waals surface area contributed by atoms with Gasteiger partial charge >= 0.3 is 160 Å². The molecule has 1 aromatic rings. The second kappa shape index (κ2) is 11.9. The van der Waals surface area contributed by atoms with Crippen LogP contribution in [0.2, 0.25) is 13.3 Å². The third-order valence-corrected chi connectivity index (χ3v) is 21.3. The van der Waals surface area contributed by atoms with Crippen molar-refractivity contribution in [2.24, 2.45) is 5.92 Å². The van der Waals surface area contributed by atoms with E-state index in [1.165, 1.54) is 57.0 Å². The van der Waals surface area contributed by atoms with E-state index >= 15 is 0 Å². The Hall–Kier alpha value is 0.359. The molecule has 0 N–H and O–H groups in total. The summed E-state index contributed by atoms with van der Waals surface area (Å²) in [5.41, 5.74) is 0. The van der Waals surface area contributed by atoms with Gasteiger partial charge in [-0.25, -0.2) is 0 Å². The number of aromatic nitrogens is 2. The Morgan fingerprint density at radius 3 is 1.88 bits per heavy atom. The summed E-state index contributed by atoms with van der Waals surface area (Å²) in [5, 5.41) is 1.25. The molecule has 0 saturated carbocycles. The molecule has 140 valence electrons. The van der Waals surface area contributed by atoms with Gasteiger partial charge in [0.1, 0.15) is 0 Å². The molecule has 0 fully saturated rings. The molecule has 2 nitrogen and oxygen atoms in total. The van der Waals surface area contributed by atoms with Crippen LogP contribution < -0.4 is 3.71 Å². The van der Waals surface area contributed by atoms with Crippen molar-refractivity contribution >= 4 is 33.8 Å². The van der Waals surface area contributed by atoms with Crippen molar-refractivity contribution in [1.82, 2.24) is 9.55 Å². The van der Waals surface area contributed by atoms with Gasteiger partial charge in [-0.15, -0.1) is 0 Å². The van der Waals surface area contributed by atoms with Gasteiger partial charge in [0.15, 0.2) is 0 Å². The van der Waals surface area contributed by atoms with Gasteiger partial charge in [-0.05, 0) is 0 Å². The third kappa shape index (κ3) is 6.26. The van der Waals surface area contributed by atoms with Gasteiger partial charge in [0.2, 0.25) is 0 Å². The van der Waals surface area contributed by atoms with Crippen LogP contribution in [0, 0.1) is 5.92 Å². The van der Waals surface area contributed by atoms with E-state index in [1.54, 1.807) is 3.71 Å². The number of nitrogens with zero attached hydrogens (tertiary/aromatic N) is 2. The summed E-state index contributed by atoms with van der Waals surface area (Å²) >= 11 is -0.537. The summed E-state index contributed by atoms with van der Waals surface area (Å²) in [7, 11) is 0. The first-order valence-electron chi connectivity index (χ1n) is 10.1. The topological polar surface area (TPSA) is 17.8 Å². The average Bonchev–Trinajstić information content (AvgIpc) is 2.97. The van der Waals surface area contributed by atoms with Gasteiger partial charge in [0.05, 0.1) is 0 Å². The Balaban J connectivity index is 3.30. The van der Waals surface area contributed by atoms with E-state index in [0.29, 0.717) is 5.92 Å². The van der Waals surface area contributed by atoms with Crippen molar-refractivity contribution in [2.45, 2.75) is 98.2 Å². The van der Waals surface area contributed by atoms with E-state index in [4.69, 9.17) is 4.98 Å². The van der Waals surface area contributed by atoms with Crippen LogP contribution in [0.25, 0.3) is 0 Å². The molecule has 0 radical (unpaired) electrons. The van der Waals surface area contributed by atoms with E-state index in [2.05, 4.69) is 51.6 Å². The molecular formula is C20H40N2SSn. The number of unbranched alkanes of at least 4 members (excludes halogenated alkanes) is 3. The quantitative estimate of drug-likeness (QED) is 0.254. The van der Waals surface area contributed by atoms with Gasteiger partial charge in [-0.2, -0.15) is 0 Å². The SMILES string of the molecule is CCC[CH2][Sn]([CH2]CCC)([CH2]CCC)[c]1cnc(SC)n1CC(C)C. The normalized spacial score (nSPS) is 12.3. The van der Waals surface area contributed by atoms with Gasteiger partial charge in [-0.1, -0.05) is 0 Å². The van der Waals surface area contributed by atoms with Crippen molar-refractivity contribution in [3.05, 3.63) is 6.20 Å². The molecule has 24 heavy (non-hydrogen) atoms. The van der Waals surface area contributed by atoms with Crippen LogP contribution in [0.1, 0.15) is 73.1 Å². The zero-order chi connectivity index (χ0) is 18.0. The van der Waals surface area contributed by atoms with E-state index in [9.17, 15) is 0 Å². The Bertz CT molecular complexity index is 435. The standard InChI is InChI=1S/C8H13N2S.3C4H9.Sn/c1-7(2)6-10-5-4-9-8(10)11-3;3*1-3-4-2;/h4,7H,6H2,1-3H3;3*1,3-4H2,2H3;. The Morgan fingerprint density at radius 2 is 1.50 bits per heavy atom. The molecule has 1 rings (SSSR count). The maximum atomic E-state index is 4.86. The summed E-state index contributed by atoms with van der Waals surface area (Å²) in [6.45, 7) is 12.9. The number of hydrogen-bond acceptors (Lipinski definition) is 2. The van der Waals surface area contributed by atoms with Crippen LogP contribution in [0.5, 0.6) is 0 Å². The fraction of sp³-hybridized carbons (Fsp3) is 0.850. The molecule has 1 heterocycles. The van der Waals surface area contributed by atoms with Crippen molar-refractivity contribution in [3.8, 4) is 0 Å². The second-order valence-corrected chi connectivity index (χ2v) is 21.6. The van der Waals surface area contributed by atoms with Crippen molar-refractivity contribution < 1.29 is 0 Å². The number of thioether (sulfide) groups is 1. The Kier molecular flexibility index (Phi) is 11.1. The predicted molar refractivity (Wildman–Crippen MR) is 113 cm³/mol. The monoisotopic (exact) mass is 460 g/mol. The summed E-state index contributed by atoms with van der Waals surface area (Å²) in [6, 6.07) is 0. The molecular weight excluding hydrogens is 419 g/mol. The van der Waals surface area contributed by atoms with Gasteiger partial charge in [0.25, 0.3) is 0 Å². The summed E-state index contributed by atoms with van der Waals surface area (Å²) in [4.78, 5) is 4.86. The Morgan fingerprint density at radius 1 is 1.00 bits per heavy atom. The van der Waals surface area contributed by atoms with Crippen molar-refractivity contribution in [1.29, 1.82) is 0 Å². The molecule has 0 saturated heterocycles. The minimum atomic E-state index is -2.37. The fourth-order valence-corrected chi connectivity index (χ4v) is 20.9. The summed E-state index contributed by atoms with van der Waals surface area (Å²) < 4.78 is 8.97. The van der Waals surface area contributed by atoms with Crippen LogP contribution >= 0.6 is 11.8 Å². The van der Waals surface area contributed by atoms with Crippen LogP contribution in [0.15, 0.2) is 11.4 Å². The molecule has 0 atom stereocenters. The van der Waals surface area contributed by atoms with Crippen LogP contribution in [0.4, 0.5) is 0 Å². The molecule has 0 unspecified atom stereocenters. The summed E-state index contributed by atoms with van der Waals surface area (Å²) in [5.74, 6) is 0.691. The first-order chi connectivity index (χ1) is 11.5. The predicted octanol–water partition coefficient (Wildman–Crippen LogP) is 6.32. The molecule has 0 aliphatic carbocycles. The molecule has 1 aromatic heterocycles. The fourth-order valence-electron chi connectivity index (χ4n) is 3.79. The molecule has 0 aromatic carbocycles.